The van der Waals surface area contributed by atoms with Gasteiger partial charge in [-0.25, -0.2) is 5.84 Å². The fraction of sp³-hybridized carbons (Fsp3) is 0.500. The smallest absolute Gasteiger partial charge is 0.206 e. The maximum Gasteiger partial charge on any atom is 0.206 e. The van der Waals surface area contributed by atoms with Gasteiger partial charge in [-0.05, 0) is 19.1 Å². The van der Waals surface area contributed by atoms with Crippen molar-refractivity contribution in [2.45, 2.75) is 19.4 Å². The molecule has 1 unspecified atom stereocenters. The summed E-state index contributed by atoms with van der Waals surface area (Å²) in [7, 11) is 1.66. The van der Waals surface area contributed by atoms with Gasteiger partial charge in [0.25, 0.3) is 0 Å². The summed E-state index contributed by atoms with van der Waals surface area (Å²) >= 11 is 0. The van der Waals surface area contributed by atoms with Gasteiger partial charge in [-0.15, -0.1) is 0 Å². The Balaban J connectivity index is 2.21. The standard InChI is InChI=1S/C14H24N4O2/c1-12(11-19-2)17-14(18-15)16-9-6-10-20-13-7-4-3-5-8-13/h3-5,7-8,12H,6,9-11,15H2,1-2H3,(H2,16,17,18). The third-order valence-corrected chi connectivity index (χ3v) is 2.52. The second-order valence-electron chi connectivity index (χ2n) is 4.39. The van der Waals surface area contributed by atoms with Gasteiger partial charge < -0.3 is 14.8 Å². The molecule has 112 valence electrons. The lowest BCUT2D eigenvalue weighted by Gasteiger charge is -2.15. The zero-order chi connectivity index (χ0) is 14.6. The molecule has 0 fully saturated rings. The third-order valence-electron chi connectivity index (χ3n) is 2.52. The average molecular weight is 280 g/mol. The predicted octanol–water partition coefficient (Wildman–Crippen LogP) is 0.899. The summed E-state index contributed by atoms with van der Waals surface area (Å²) in [6.45, 7) is 3.85. The zero-order valence-corrected chi connectivity index (χ0v) is 12.1. The molecule has 0 bridgehead atoms. The van der Waals surface area contributed by atoms with Crippen LogP contribution in [0.25, 0.3) is 0 Å². The van der Waals surface area contributed by atoms with E-state index in [1.165, 1.54) is 0 Å². The SMILES string of the molecule is COCC(C)NC(=NCCCOc1ccccc1)NN. The fourth-order valence-electron chi connectivity index (χ4n) is 1.62. The summed E-state index contributed by atoms with van der Waals surface area (Å²) in [6.07, 6.45) is 0.820. The number of methoxy groups -OCH3 is 1. The van der Waals surface area contributed by atoms with E-state index >= 15 is 0 Å². The van der Waals surface area contributed by atoms with E-state index in [0.29, 0.717) is 25.7 Å². The number of nitrogens with two attached hydrogens (primary N) is 1. The highest BCUT2D eigenvalue weighted by Crippen LogP contribution is 2.08. The number of nitrogens with zero attached hydrogens (tertiary/aromatic N) is 1. The van der Waals surface area contributed by atoms with E-state index in [2.05, 4.69) is 15.7 Å². The maximum absolute atomic E-state index is 5.58. The molecule has 0 aromatic heterocycles. The minimum Gasteiger partial charge on any atom is -0.494 e. The van der Waals surface area contributed by atoms with Gasteiger partial charge in [-0.1, -0.05) is 18.2 Å². The van der Waals surface area contributed by atoms with Gasteiger partial charge in [0.1, 0.15) is 5.75 Å². The molecular formula is C14H24N4O2. The second kappa shape index (κ2) is 10.1. The zero-order valence-electron chi connectivity index (χ0n) is 12.1. The van der Waals surface area contributed by atoms with Crippen molar-refractivity contribution >= 4 is 5.96 Å². The van der Waals surface area contributed by atoms with Gasteiger partial charge in [-0.3, -0.25) is 10.4 Å². The van der Waals surface area contributed by atoms with Crippen molar-refractivity contribution in [1.29, 1.82) is 0 Å². The van der Waals surface area contributed by atoms with Crippen LogP contribution in [-0.2, 0) is 4.74 Å². The first-order valence-corrected chi connectivity index (χ1v) is 6.70. The molecule has 0 saturated heterocycles. The number of hydrogen-bond donors (Lipinski definition) is 3. The molecule has 0 aliphatic carbocycles. The lowest BCUT2D eigenvalue weighted by Crippen LogP contribution is -2.46. The summed E-state index contributed by atoms with van der Waals surface area (Å²) in [5, 5.41) is 3.12. The maximum atomic E-state index is 5.58. The Morgan fingerprint density at radius 3 is 2.75 bits per heavy atom. The van der Waals surface area contributed by atoms with Gasteiger partial charge in [0.2, 0.25) is 5.96 Å². The first-order valence-electron chi connectivity index (χ1n) is 6.70. The molecule has 1 rings (SSSR count). The van der Waals surface area contributed by atoms with Crippen molar-refractivity contribution in [1.82, 2.24) is 10.7 Å². The Kier molecular flexibility index (Phi) is 8.17. The molecule has 0 radical (unpaired) electrons. The molecule has 0 aliphatic heterocycles. The van der Waals surface area contributed by atoms with Crippen LogP contribution in [0.5, 0.6) is 5.75 Å². The van der Waals surface area contributed by atoms with Crippen molar-refractivity contribution in [3.63, 3.8) is 0 Å². The molecule has 20 heavy (non-hydrogen) atoms. The normalized spacial score (nSPS) is 12.8. The first kappa shape index (κ1) is 16.3. The first-order chi connectivity index (χ1) is 9.76. The molecule has 1 atom stereocenters. The molecule has 4 N–H and O–H groups in total. The quantitative estimate of drug-likeness (QED) is 0.217. The van der Waals surface area contributed by atoms with E-state index in [4.69, 9.17) is 15.3 Å². The Morgan fingerprint density at radius 1 is 1.35 bits per heavy atom. The number of guanidine groups is 1. The Labute approximate surface area is 120 Å². The minimum atomic E-state index is 0.148. The molecular weight excluding hydrogens is 256 g/mol. The number of hydrogen-bond acceptors (Lipinski definition) is 4. The van der Waals surface area contributed by atoms with Crippen LogP contribution in [-0.4, -0.2) is 38.9 Å². The number of rotatable bonds is 8. The predicted molar refractivity (Wildman–Crippen MR) is 80.7 cm³/mol. The van der Waals surface area contributed by atoms with Gasteiger partial charge in [0.05, 0.1) is 13.2 Å². The van der Waals surface area contributed by atoms with Crippen LogP contribution >= 0.6 is 0 Å². The topological polar surface area (TPSA) is 80.9 Å². The summed E-state index contributed by atoms with van der Waals surface area (Å²) in [5.74, 6) is 6.85. The van der Waals surface area contributed by atoms with Gasteiger partial charge >= 0.3 is 0 Å². The highest BCUT2D eigenvalue weighted by atomic mass is 16.5. The molecule has 6 nitrogen and oxygen atoms in total. The van der Waals surface area contributed by atoms with E-state index in [1.54, 1.807) is 7.11 Å². The van der Waals surface area contributed by atoms with Crippen molar-refractivity contribution in [2.75, 3.05) is 26.9 Å². The summed E-state index contributed by atoms with van der Waals surface area (Å²) < 4.78 is 10.6. The molecule has 0 heterocycles. The van der Waals surface area contributed by atoms with E-state index in [9.17, 15) is 0 Å². The molecule has 0 aliphatic rings. The van der Waals surface area contributed by atoms with Crippen LogP contribution in [0.4, 0.5) is 0 Å². The largest absolute Gasteiger partial charge is 0.494 e. The van der Waals surface area contributed by atoms with E-state index in [-0.39, 0.29) is 6.04 Å². The Morgan fingerprint density at radius 2 is 2.10 bits per heavy atom. The van der Waals surface area contributed by atoms with Crippen LogP contribution in [0, 0.1) is 0 Å². The molecule has 1 aromatic carbocycles. The molecule has 0 amide bonds. The van der Waals surface area contributed by atoms with Crippen LogP contribution < -0.4 is 21.3 Å². The Bertz CT molecular complexity index is 384. The minimum absolute atomic E-state index is 0.148. The number of aliphatic imine (C=N–C) groups is 1. The van der Waals surface area contributed by atoms with Gasteiger partial charge in [0, 0.05) is 26.1 Å². The number of para-hydroxylation sites is 1. The molecule has 0 saturated carbocycles. The Hall–Kier alpha value is -1.79. The summed E-state index contributed by atoms with van der Waals surface area (Å²) in [4.78, 5) is 4.33. The average Bonchev–Trinajstić information content (AvgIpc) is 2.47. The summed E-state index contributed by atoms with van der Waals surface area (Å²) in [6, 6.07) is 9.88. The van der Waals surface area contributed by atoms with Crippen molar-refractivity contribution in [3.8, 4) is 5.75 Å². The van der Waals surface area contributed by atoms with Crippen LogP contribution in [0.15, 0.2) is 35.3 Å². The van der Waals surface area contributed by atoms with E-state index in [1.807, 2.05) is 37.3 Å². The monoisotopic (exact) mass is 280 g/mol. The number of benzene rings is 1. The van der Waals surface area contributed by atoms with E-state index in [0.717, 1.165) is 12.2 Å². The highest BCUT2D eigenvalue weighted by Gasteiger charge is 2.03. The third kappa shape index (κ3) is 6.96. The number of ether oxygens (including phenoxy) is 2. The summed E-state index contributed by atoms with van der Waals surface area (Å²) in [5.41, 5.74) is 2.54. The van der Waals surface area contributed by atoms with Crippen molar-refractivity contribution in [3.05, 3.63) is 30.3 Å². The number of hydrazine groups is 1. The van der Waals surface area contributed by atoms with Crippen LogP contribution in [0.3, 0.4) is 0 Å². The lowest BCUT2D eigenvalue weighted by molar-refractivity contribution is 0.179. The van der Waals surface area contributed by atoms with Gasteiger partial charge in [-0.2, -0.15) is 0 Å². The van der Waals surface area contributed by atoms with Crippen molar-refractivity contribution < 1.29 is 9.47 Å². The highest BCUT2D eigenvalue weighted by molar-refractivity contribution is 5.79. The van der Waals surface area contributed by atoms with Gasteiger partial charge in [0.15, 0.2) is 0 Å². The molecule has 0 spiro atoms. The molecule has 1 aromatic rings. The van der Waals surface area contributed by atoms with Crippen LogP contribution in [0.2, 0.25) is 0 Å². The van der Waals surface area contributed by atoms with E-state index < -0.39 is 0 Å². The molecule has 6 heteroatoms. The number of nitrogens with one attached hydrogen (secondary N) is 2. The fourth-order valence-corrected chi connectivity index (χ4v) is 1.62. The second-order valence-corrected chi connectivity index (χ2v) is 4.39. The van der Waals surface area contributed by atoms with Crippen molar-refractivity contribution in [2.24, 2.45) is 10.8 Å². The van der Waals surface area contributed by atoms with Crippen LogP contribution in [0.1, 0.15) is 13.3 Å². The lowest BCUT2D eigenvalue weighted by atomic mass is 10.3.